The van der Waals surface area contributed by atoms with Gasteiger partial charge in [0.1, 0.15) is 18.3 Å². The van der Waals surface area contributed by atoms with Crippen LogP contribution in [0.15, 0.2) is 91.0 Å². The van der Waals surface area contributed by atoms with Crippen LogP contribution in [0.3, 0.4) is 0 Å². The van der Waals surface area contributed by atoms with Gasteiger partial charge in [0.2, 0.25) is 11.8 Å². The molecule has 41 heavy (non-hydrogen) atoms. The van der Waals surface area contributed by atoms with Gasteiger partial charge in [-0.3, -0.25) is 19.3 Å². The van der Waals surface area contributed by atoms with E-state index in [1.807, 2.05) is 84.9 Å². The number of nitrogens with one attached hydrogen (secondary N) is 1. The topological polar surface area (TPSA) is 79.0 Å². The van der Waals surface area contributed by atoms with Crippen molar-refractivity contribution in [3.05, 3.63) is 108 Å². The summed E-state index contributed by atoms with van der Waals surface area (Å²) in [5.41, 5.74) is 3.07. The first-order valence-corrected chi connectivity index (χ1v) is 14.1. The molecule has 210 valence electrons. The standard InChI is InChI=1S/C34H35N3O4/c1-3-4-19-35-33(39)30(21-24-11-6-5-7-12-24)36(22-25-13-8-16-27(20-25)41-2)31(38)23-37-29-18-10-15-26-14-9-17-28(32(26)29)34(37)40/h5-18,20,30H,3-4,19,21-23H2,1-2H3,(H,35,39)/t30-/m1/s1. The van der Waals surface area contributed by atoms with Crippen LogP contribution in [0.1, 0.15) is 41.3 Å². The molecule has 1 atom stereocenters. The molecule has 0 unspecified atom stereocenters. The van der Waals surface area contributed by atoms with Gasteiger partial charge in [0.05, 0.1) is 12.8 Å². The number of methoxy groups -OCH3 is 1. The van der Waals surface area contributed by atoms with Crippen molar-refractivity contribution < 1.29 is 19.1 Å². The summed E-state index contributed by atoms with van der Waals surface area (Å²) in [6.45, 7) is 2.61. The van der Waals surface area contributed by atoms with Crippen LogP contribution in [0.5, 0.6) is 5.75 Å². The number of amides is 3. The van der Waals surface area contributed by atoms with Gasteiger partial charge < -0.3 is 15.0 Å². The molecule has 0 radical (unpaired) electrons. The Kier molecular flexibility index (Phi) is 8.63. The molecule has 0 spiro atoms. The van der Waals surface area contributed by atoms with Crippen LogP contribution < -0.4 is 15.0 Å². The first-order chi connectivity index (χ1) is 20.0. The van der Waals surface area contributed by atoms with E-state index in [0.717, 1.165) is 34.7 Å². The lowest BCUT2D eigenvalue weighted by Crippen LogP contribution is -2.53. The Labute approximate surface area is 240 Å². The largest absolute Gasteiger partial charge is 0.497 e. The van der Waals surface area contributed by atoms with Gasteiger partial charge in [0.15, 0.2) is 0 Å². The SMILES string of the molecule is CCCCNC(=O)[C@@H](Cc1ccccc1)N(Cc1cccc(OC)c1)C(=O)CN1C(=O)c2cccc3cccc1c23. The molecule has 0 bridgehead atoms. The number of anilines is 1. The molecule has 5 rings (SSSR count). The molecule has 0 saturated heterocycles. The maximum atomic E-state index is 14.3. The molecule has 4 aromatic carbocycles. The fourth-order valence-electron chi connectivity index (χ4n) is 5.39. The molecule has 1 aliphatic rings. The van der Waals surface area contributed by atoms with E-state index in [4.69, 9.17) is 4.74 Å². The summed E-state index contributed by atoms with van der Waals surface area (Å²) in [6, 6.07) is 27.8. The summed E-state index contributed by atoms with van der Waals surface area (Å²) < 4.78 is 5.42. The average Bonchev–Trinajstić information content (AvgIpc) is 3.27. The van der Waals surface area contributed by atoms with E-state index in [1.54, 1.807) is 18.1 Å². The van der Waals surface area contributed by atoms with Crippen LogP contribution in [0.25, 0.3) is 10.8 Å². The van der Waals surface area contributed by atoms with Crippen LogP contribution >= 0.6 is 0 Å². The molecule has 0 aliphatic carbocycles. The van der Waals surface area contributed by atoms with E-state index in [-0.39, 0.29) is 30.8 Å². The van der Waals surface area contributed by atoms with Gasteiger partial charge in [0, 0.05) is 30.5 Å². The minimum Gasteiger partial charge on any atom is -0.497 e. The van der Waals surface area contributed by atoms with E-state index in [9.17, 15) is 14.4 Å². The van der Waals surface area contributed by atoms with Crippen molar-refractivity contribution in [3.8, 4) is 5.75 Å². The summed E-state index contributed by atoms with van der Waals surface area (Å²) in [4.78, 5) is 44.6. The summed E-state index contributed by atoms with van der Waals surface area (Å²) in [6.07, 6.45) is 2.13. The molecule has 7 nitrogen and oxygen atoms in total. The van der Waals surface area contributed by atoms with Gasteiger partial charge in [-0.2, -0.15) is 0 Å². The summed E-state index contributed by atoms with van der Waals surface area (Å²) in [5, 5.41) is 4.85. The number of rotatable bonds is 12. The van der Waals surface area contributed by atoms with Gasteiger partial charge in [-0.25, -0.2) is 0 Å². The monoisotopic (exact) mass is 549 g/mol. The van der Waals surface area contributed by atoms with E-state index in [1.165, 1.54) is 4.90 Å². The molecule has 1 aliphatic heterocycles. The van der Waals surface area contributed by atoms with Crippen LogP contribution in [0.2, 0.25) is 0 Å². The average molecular weight is 550 g/mol. The molecule has 1 heterocycles. The van der Waals surface area contributed by atoms with Crippen LogP contribution in [0.4, 0.5) is 5.69 Å². The molecule has 0 aromatic heterocycles. The van der Waals surface area contributed by atoms with Crippen molar-refractivity contribution in [2.45, 2.75) is 38.8 Å². The fraction of sp³-hybridized carbons (Fsp3) is 0.265. The van der Waals surface area contributed by atoms with Crippen LogP contribution in [-0.4, -0.2) is 48.9 Å². The second-order valence-electron chi connectivity index (χ2n) is 10.3. The zero-order chi connectivity index (χ0) is 28.8. The Hall–Kier alpha value is -4.65. The van der Waals surface area contributed by atoms with E-state index in [0.29, 0.717) is 30.0 Å². The van der Waals surface area contributed by atoms with Gasteiger partial charge in [0.25, 0.3) is 5.91 Å². The van der Waals surface area contributed by atoms with E-state index in [2.05, 4.69) is 12.2 Å². The first-order valence-electron chi connectivity index (χ1n) is 14.1. The molecular weight excluding hydrogens is 514 g/mol. The fourth-order valence-corrected chi connectivity index (χ4v) is 5.39. The molecule has 0 fully saturated rings. The lowest BCUT2D eigenvalue weighted by Gasteiger charge is -2.33. The number of benzene rings is 4. The van der Waals surface area contributed by atoms with Crippen molar-refractivity contribution in [1.29, 1.82) is 0 Å². The second-order valence-corrected chi connectivity index (χ2v) is 10.3. The van der Waals surface area contributed by atoms with Crippen molar-refractivity contribution in [3.63, 3.8) is 0 Å². The van der Waals surface area contributed by atoms with Crippen molar-refractivity contribution in [2.75, 3.05) is 25.1 Å². The third-order valence-corrected chi connectivity index (χ3v) is 7.53. The summed E-state index contributed by atoms with van der Waals surface area (Å²) in [5.74, 6) is -0.0634. The predicted octanol–water partition coefficient (Wildman–Crippen LogP) is 5.37. The van der Waals surface area contributed by atoms with E-state index < -0.39 is 6.04 Å². The third kappa shape index (κ3) is 6.09. The van der Waals surface area contributed by atoms with Gasteiger partial charge in [-0.15, -0.1) is 0 Å². The Morgan fingerprint density at radius 2 is 1.66 bits per heavy atom. The van der Waals surface area contributed by atoms with Crippen molar-refractivity contribution >= 4 is 34.2 Å². The highest BCUT2D eigenvalue weighted by molar-refractivity contribution is 6.26. The Balaban J connectivity index is 1.50. The molecule has 1 N–H and O–H groups in total. The highest BCUT2D eigenvalue weighted by Crippen LogP contribution is 2.37. The van der Waals surface area contributed by atoms with Crippen molar-refractivity contribution in [2.24, 2.45) is 0 Å². The van der Waals surface area contributed by atoms with Crippen LogP contribution in [0, 0.1) is 0 Å². The zero-order valence-corrected chi connectivity index (χ0v) is 23.5. The summed E-state index contributed by atoms with van der Waals surface area (Å²) in [7, 11) is 1.60. The van der Waals surface area contributed by atoms with Gasteiger partial charge >= 0.3 is 0 Å². The number of ether oxygens (including phenoxy) is 1. The Morgan fingerprint density at radius 1 is 0.927 bits per heavy atom. The number of hydrogen-bond donors (Lipinski definition) is 1. The maximum Gasteiger partial charge on any atom is 0.259 e. The van der Waals surface area contributed by atoms with E-state index >= 15 is 0 Å². The number of unbranched alkanes of at least 4 members (excludes halogenated alkanes) is 1. The molecule has 0 saturated carbocycles. The highest BCUT2D eigenvalue weighted by atomic mass is 16.5. The minimum absolute atomic E-state index is 0.176. The smallest absolute Gasteiger partial charge is 0.259 e. The normalized spacial score (nSPS) is 12.8. The zero-order valence-electron chi connectivity index (χ0n) is 23.5. The molecule has 4 aromatic rings. The molecule has 3 amide bonds. The number of nitrogens with zero attached hydrogens (tertiary/aromatic N) is 2. The quantitative estimate of drug-likeness (QED) is 0.241. The van der Waals surface area contributed by atoms with Gasteiger partial charge in [-0.1, -0.05) is 80.1 Å². The Morgan fingerprint density at radius 3 is 2.41 bits per heavy atom. The number of carbonyl (C=O) groups is 3. The highest BCUT2D eigenvalue weighted by Gasteiger charge is 2.35. The lowest BCUT2D eigenvalue weighted by atomic mass is 10.0. The third-order valence-electron chi connectivity index (χ3n) is 7.53. The summed E-state index contributed by atoms with van der Waals surface area (Å²) >= 11 is 0. The first kappa shape index (κ1) is 27.9. The predicted molar refractivity (Wildman–Crippen MR) is 161 cm³/mol. The van der Waals surface area contributed by atoms with Crippen molar-refractivity contribution in [1.82, 2.24) is 10.2 Å². The number of hydrogen-bond acceptors (Lipinski definition) is 4. The molecular formula is C34H35N3O4. The lowest BCUT2D eigenvalue weighted by molar-refractivity contribution is -0.140. The number of carbonyl (C=O) groups excluding carboxylic acids is 3. The Bertz CT molecular complexity index is 1550. The van der Waals surface area contributed by atoms with Gasteiger partial charge in [-0.05, 0) is 47.2 Å². The van der Waals surface area contributed by atoms with Crippen LogP contribution in [-0.2, 0) is 22.6 Å². The molecule has 7 heteroatoms. The maximum absolute atomic E-state index is 14.3. The minimum atomic E-state index is -0.774. The second kappa shape index (κ2) is 12.7.